The number of amides is 2. The predicted octanol–water partition coefficient (Wildman–Crippen LogP) is 6.54. The topological polar surface area (TPSA) is 97.5 Å². The zero-order valence-electron chi connectivity index (χ0n) is 25.2. The minimum atomic E-state index is -0.604. The Kier molecular flexibility index (Phi) is 8.00. The summed E-state index contributed by atoms with van der Waals surface area (Å²) in [4.78, 5) is 28.5. The number of carbonyl (C=O) groups is 2. The van der Waals surface area contributed by atoms with Gasteiger partial charge >= 0.3 is 0 Å². The molecule has 0 fully saturated rings. The van der Waals surface area contributed by atoms with E-state index in [1.807, 2.05) is 85.1 Å². The summed E-state index contributed by atoms with van der Waals surface area (Å²) >= 11 is 0. The van der Waals surface area contributed by atoms with Gasteiger partial charge in [0.25, 0.3) is 11.8 Å². The normalized spacial score (nSPS) is 14.3. The molecule has 8 heteroatoms. The van der Waals surface area contributed by atoms with Crippen molar-refractivity contribution in [2.45, 2.75) is 13.3 Å². The van der Waals surface area contributed by atoms with Crippen LogP contribution in [0.1, 0.15) is 18.1 Å². The van der Waals surface area contributed by atoms with Gasteiger partial charge < -0.3 is 9.47 Å². The molecule has 8 nitrogen and oxygen atoms in total. The molecule has 0 bridgehead atoms. The van der Waals surface area contributed by atoms with Crippen LogP contribution in [0.15, 0.2) is 114 Å². The molecular formula is C37H30N4O4. The summed E-state index contributed by atoms with van der Waals surface area (Å²) in [5.74, 6) is 0.0680. The van der Waals surface area contributed by atoms with Crippen LogP contribution in [0.4, 0.5) is 0 Å². The number of hydrogen-bond acceptors (Lipinski definition) is 6. The van der Waals surface area contributed by atoms with Gasteiger partial charge in [0.2, 0.25) is 0 Å². The molecule has 2 heterocycles. The standard InChI is InChI=1S/C37H30N4O4/c1-24-31(36(42)40(37(43)32(24)22-38)18-17-25-13-16-33(44-2)34(19-25)45-3)21-29-23-41(30-11-5-4-6-12-30)39-35(29)28-15-14-26-9-7-8-10-27(26)20-28/h4-16,19-21,23H,17-18H2,1-3H3/b31-21+. The number of para-hydroxylation sites is 1. The fourth-order valence-electron chi connectivity index (χ4n) is 5.53. The van der Waals surface area contributed by atoms with E-state index < -0.39 is 11.8 Å². The fourth-order valence-corrected chi connectivity index (χ4v) is 5.53. The van der Waals surface area contributed by atoms with Gasteiger partial charge in [0.15, 0.2) is 11.5 Å². The molecule has 0 atom stereocenters. The SMILES string of the molecule is COc1ccc(CCN2C(=O)C(C#N)=C(C)/C(=C\c3cn(-c4ccccc4)nc3-c3ccc4ccccc4c3)C2=O)cc1OC. The number of rotatable bonds is 8. The van der Waals surface area contributed by atoms with Gasteiger partial charge in [-0.25, -0.2) is 4.68 Å². The van der Waals surface area contributed by atoms with Crippen LogP contribution in [0.5, 0.6) is 11.5 Å². The third-order valence-corrected chi connectivity index (χ3v) is 7.98. The van der Waals surface area contributed by atoms with Crippen LogP contribution < -0.4 is 9.47 Å². The smallest absolute Gasteiger partial charge is 0.271 e. The van der Waals surface area contributed by atoms with E-state index in [0.29, 0.717) is 34.8 Å². The van der Waals surface area contributed by atoms with Crippen molar-refractivity contribution in [2.24, 2.45) is 0 Å². The van der Waals surface area contributed by atoms with Crippen LogP contribution in [0.25, 0.3) is 33.8 Å². The number of methoxy groups -OCH3 is 2. The molecule has 0 saturated carbocycles. The molecule has 222 valence electrons. The largest absolute Gasteiger partial charge is 0.493 e. The lowest BCUT2D eigenvalue weighted by Crippen LogP contribution is -2.43. The van der Waals surface area contributed by atoms with Crippen molar-refractivity contribution in [1.29, 1.82) is 5.26 Å². The number of benzene rings is 4. The molecule has 0 saturated heterocycles. The van der Waals surface area contributed by atoms with Crippen LogP contribution in [0, 0.1) is 11.3 Å². The van der Waals surface area contributed by atoms with Gasteiger partial charge in [0.1, 0.15) is 11.6 Å². The van der Waals surface area contributed by atoms with Gasteiger partial charge in [0, 0.05) is 29.4 Å². The van der Waals surface area contributed by atoms with Gasteiger partial charge in [-0.2, -0.15) is 10.4 Å². The second-order valence-electron chi connectivity index (χ2n) is 10.6. The molecule has 0 N–H and O–H groups in total. The molecular weight excluding hydrogens is 564 g/mol. The Morgan fingerprint density at radius 3 is 2.31 bits per heavy atom. The van der Waals surface area contributed by atoms with Gasteiger partial charge in [-0.3, -0.25) is 14.5 Å². The number of nitrogens with zero attached hydrogens (tertiary/aromatic N) is 4. The van der Waals surface area contributed by atoms with Crippen molar-refractivity contribution >= 4 is 28.7 Å². The van der Waals surface area contributed by atoms with Crippen molar-refractivity contribution in [2.75, 3.05) is 20.8 Å². The Hall–Kier alpha value is -5.94. The van der Waals surface area contributed by atoms with Crippen LogP contribution in [-0.2, 0) is 16.0 Å². The highest BCUT2D eigenvalue weighted by Gasteiger charge is 2.35. The van der Waals surface area contributed by atoms with Crippen molar-refractivity contribution in [3.63, 3.8) is 0 Å². The van der Waals surface area contributed by atoms with E-state index in [4.69, 9.17) is 14.6 Å². The Balaban J connectivity index is 1.42. The summed E-state index contributed by atoms with van der Waals surface area (Å²) in [6.07, 6.45) is 3.98. The molecule has 4 aromatic carbocycles. The summed E-state index contributed by atoms with van der Waals surface area (Å²) < 4.78 is 12.5. The Morgan fingerprint density at radius 1 is 0.844 bits per heavy atom. The highest BCUT2D eigenvalue weighted by Crippen LogP contribution is 2.33. The Labute approximate surface area is 261 Å². The van der Waals surface area contributed by atoms with Crippen LogP contribution in [0.3, 0.4) is 0 Å². The lowest BCUT2D eigenvalue weighted by atomic mass is 9.92. The average Bonchev–Trinajstić information content (AvgIpc) is 3.51. The minimum absolute atomic E-state index is 0.0594. The highest BCUT2D eigenvalue weighted by atomic mass is 16.5. The van der Waals surface area contributed by atoms with Crippen molar-refractivity contribution in [3.05, 3.63) is 125 Å². The number of carbonyl (C=O) groups excluding carboxylic acids is 2. The average molecular weight is 595 g/mol. The molecule has 1 aliphatic heterocycles. The fraction of sp³-hybridized carbons (Fsp3) is 0.135. The summed E-state index contributed by atoms with van der Waals surface area (Å²) in [6, 6.07) is 31.4. The van der Waals surface area contributed by atoms with E-state index in [-0.39, 0.29) is 17.7 Å². The third kappa shape index (κ3) is 5.59. The van der Waals surface area contributed by atoms with E-state index in [2.05, 4.69) is 12.1 Å². The molecule has 6 rings (SSSR count). The first-order valence-corrected chi connectivity index (χ1v) is 14.5. The summed E-state index contributed by atoms with van der Waals surface area (Å²) in [5.41, 5.74) is 4.49. The first-order valence-electron chi connectivity index (χ1n) is 14.5. The molecule has 1 aliphatic rings. The quantitative estimate of drug-likeness (QED) is 0.149. The molecule has 0 aliphatic carbocycles. The zero-order valence-corrected chi connectivity index (χ0v) is 25.2. The van der Waals surface area contributed by atoms with E-state index in [1.165, 1.54) is 0 Å². The maximum Gasteiger partial charge on any atom is 0.271 e. The van der Waals surface area contributed by atoms with Crippen molar-refractivity contribution in [3.8, 4) is 34.5 Å². The monoisotopic (exact) mass is 594 g/mol. The van der Waals surface area contributed by atoms with Gasteiger partial charge in [-0.05, 0) is 71.7 Å². The number of hydrogen-bond donors (Lipinski definition) is 0. The maximum atomic E-state index is 14.0. The lowest BCUT2D eigenvalue weighted by Gasteiger charge is -2.27. The lowest BCUT2D eigenvalue weighted by molar-refractivity contribution is -0.140. The summed E-state index contributed by atoms with van der Waals surface area (Å²) in [6.45, 7) is 1.73. The van der Waals surface area contributed by atoms with Gasteiger partial charge in [0.05, 0.1) is 25.6 Å². The number of ether oxygens (including phenoxy) is 2. The van der Waals surface area contributed by atoms with E-state index in [9.17, 15) is 14.9 Å². The summed E-state index contributed by atoms with van der Waals surface area (Å²) in [7, 11) is 3.11. The van der Waals surface area contributed by atoms with Crippen LogP contribution >= 0.6 is 0 Å². The maximum absolute atomic E-state index is 14.0. The van der Waals surface area contributed by atoms with Crippen LogP contribution in [-0.4, -0.2) is 47.3 Å². The first kappa shape index (κ1) is 29.1. The highest BCUT2D eigenvalue weighted by molar-refractivity contribution is 6.19. The Bertz CT molecular complexity index is 2050. The van der Waals surface area contributed by atoms with E-state index in [1.54, 1.807) is 38.0 Å². The number of nitriles is 1. The third-order valence-electron chi connectivity index (χ3n) is 7.98. The zero-order chi connectivity index (χ0) is 31.5. The molecule has 0 spiro atoms. The molecule has 1 aromatic heterocycles. The molecule has 0 unspecified atom stereocenters. The molecule has 0 radical (unpaired) electrons. The first-order chi connectivity index (χ1) is 21.9. The van der Waals surface area contributed by atoms with Crippen molar-refractivity contribution < 1.29 is 19.1 Å². The number of fused-ring (bicyclic) bond motifs is 1. The number of imide groups is 1. The Morgan fingerprint density at radius 2 is 1.58 bits per heavy atom. The van der Waals surface area contributed by atoms with E-state index >= 15 is 0 Å². The predicted molar refractivity (Wildman–Crippen MR) is 173 cm³/mol. The second-order valence-corrected chi connectivity index (χ2v) is 10.6. The molecule has 45 heavy (non-hydrogen) atoms. The summed E-state index contributed by atoms with van der Waals surface area (Å²) in [5, 5.41) is 17.1. The molecule has 2 amide bonds. The van der Waals surface area contributed by atoms with E-state index in [0.717, 1.165) is 32.5 Å². The van der Waals surface area contributed by atoms with Crippen molar-refractivity contribution in [1.82, 2.24) is 14.7 Å². The number of aromatic nitrogens is 2. The molecule has 5 aromatic rings. The van der Waals surface area contributed by atoms with Gasteiger partial charge in [-0.15, -0.1) is 0 Å². The minimum Gasteiger partial charge on any atom is -0.493 e. The second kappa shape index (κ2) is 12.3. The van der Waals surface area contributed by atoms with Crippen LogP contribution in [0.2, 0.25) is 0 Å². The van der Waals surface area contributed by atoms with Gasteiger partial charge in [-0.1, -0.05) is 60.7 Å².